The van der Waals surface area contributed by atoms with E-state index in [0.29, 0.717) is 5.75 Å². The lowest BCUT2D eigenvalue weighted by molar-refractivity contribution is -0.687. The highest BCUT2D eigenvalue weighted by Gasteiger charge is 2.96. The second-order valence-electron chi connectivity index (χ2n) is 5.73. The van der Waals surface area contributed by atoms with Crippen LogP contribution in [0.4, 0.5) is 0 Å². The van der Waals surface area contributed by atoms with Gasteiger partial charge < -0.3 is 14.2 Å². The van der Waals surface area contributed by atoms with E-state index in [4.69, 9.17) is 19.9 Å². The first-order valence-corrected chi connectivity index (χ1v) is 7.91. The van der Waals surface area contributed by atoms with Crippen molar-refractivity contribution in [2.75, 3.05) is 21.3 Å². The quantitative estimate of drug-likeness (QED) is 0.696. The van der Waals surface area contributed by atoms with Crippen LogP contribution in [0.3, 0.4) is 0 Å². The Hall–Kier alpha value is -2.13. The zero-order chi connectivity index (χ0) is 17.8. The fourth-order valence-corrected chi connectivity index (χ4v) is 4.53. The van der Waals surface area contributed by atoms with Crippen molar-refractivity contribution in [3.05, 3.63) is 28.2 Å². The molecule has 0 amide bonds. The molecule has 24 heavy (non-hydrogen) atoms. The number of nitriles is 2. The van der Waals surface area contributed by atoms with Crippen molar-refractivity contribution in [2.45, 2.75) is 11.8 Å². The van der Waals surface area contributed by atoms with Gasteiger partial charge in [0, 0.05) is 20.1 Å². The van der Waals surface area contributed by atoms with E-state index in [2.05, 4.69) is 33.1 Å². The van der Waals surface area contributed by atoms with Gasteiger partial charge in [-0.2, -0.15) is 10.5 Å². The van der Waals surface area contributed by atoms with Gasteiger partial charge in [-0.25, -0.2) is 4.99 Å². The number of hydrogen-bond donors (Lipinski definition) is 2. The summed E-state index contributed by atoms with van der Waals surface area (Å²) in [5.41, 5.74) is 4.35. The van der Waals surface area contributed by atoms with E-state index in [0.717, 1.165) is 10.0 Å². The summed E-state index contributed by atoms with van der Waals surface area (Å²) in [4.78, 5) is 2.86. The lowest BCUT2D eigenvalue weighted by Gasteiger charge is -2.26. The summed E-state index contributed by atoms with van der Waals surface area (Å²) >= 11 is 3.43. The standard InChI is InChI=1S/C16H15BrN4O3/c1-22-11-5-4-9(6-10(11)17)12-14(7-18)13(20)21-16(23-2,24-3)15(12,14)8-19/h4-6,12H,1-3H3,(H2,20,21)/p+1/t12-,14-,15-/m1/s1. The third-order valence-corrected chi connectivity index (χ3v) is 5.70. The fraction of sp³-hybridized carbons (Fsp3) is 0.438. The summed E-state index contributed by atoms with van der Waals surface area (Å²) in [6, 6.07) is 9.87. The van der Waals surface area contributed by atoms with Gasteiger partial charge in [0.05, 0.1) is 23.7 Å². The first-order chi connectivity index (χ1) is 11.4. The first-order valence-electron chi connectivity index (χ1n) is 7.12. The highest BCUT2D eigenvalue weighted by Crippen LogP contribution is 2.78. The van der Waals surface area contributed by atoms with Crippen LogP contribution in [-0.2, 0) is 9.47 Å². The SMILES string of the molecule is COc1ccc([C@@H]2[C@]3(C#N)C(N)=[NH+]C(OC)(OC)[C@]23C#N)cc1Br. The lowest BCUT2D eigenvalue weighted by Crippen LogP contribution is -2.90. The van der Waals surface area contributed by atoms with Gasteiger partial charge in [0.25, 0.3) is 5.84 Å². The molecule has 1 saturated carbocycles. The van der Waals surface area contributed by atoms with Gasteiger partial charge in [0.15, 0.2) is 10.8 Å². The van der Waals surface area contributed by atoms with Gasteiger partial charge in [0.2, 0.25) is 0 Å². The summed E-state index contributed by atoms with van der Waals surface area (Å²) in [6.45, 7) is 0. The number of nitrogens with two attached hydrogens (primary N) is 1. The van der Waals surface area contributed by atoms with Gasteiger partial charge in [-0.15, -0.1) is 0 Å². The molecule has 0 radical (unpaired) electrons. The largest absolute Gasteiger partial charge is 0.496 e. The molecule has 0 unspecified atom stereocenters. The zero-order valence-corrected chi connectivity index (χ0v) is 15.0. The second-order valence-corrected chi connectivity index (χ2v) is 6.58. The maximum absolute atomic E-state index is 9.97. The van der Waals surface area contributed by atoms with Gasteiger partial charge in [-0.05, 0) is 33.6 Å². The smallest absolute Gasteiger partial charge is 0.342 e. The molecule has 8 heteroatoms. The van der Waals surface area contributed by atoms with Crippen molar-refractivity contribution in [1.29, 1.82) is 10.5 Å². The Bertz CT molecular complexity index is 824. The van der Waals surface area contributed by atoms with Crippen molar-refractivity contribution in [2.24, 2.45) is 16.6 Å². The van der Waals surface area contributed by atoms with E-state index < -0.39 is 22.7 Å². The van der Waals surface area contributed by atoms with E-state index in [9.17, 15) is 10.5 Å². The third kappa shape index (κ3) is 1.54. The van der Waals surface area contributed by atoms with Crippen molar-refractivity contribution in [1.82, 2.24) is 0 Å². The molecule has 3 atom stereocenters. The predicted octanol–water partition coefficient (Wildman–Crippen LogP) is -0.0271. The van der Waals surface area contributed by atoms with E-state index in [1.54, 1.807) is 13.2 Å². The molecule has 1 aromatic rings. The van der Waals surface area contributed by atoms with Crippen LogP contribution in [0, 0.1) is 33.5 Å². The highest BCUT2D eigenvalue weighted by atomic mass is 79.9. The molecule has 3 rings (SSSR count). The van der Waals surface area contributed by atoms with Crippen molar-refractivity contribution < 1.29 is 19.2 Å². The number of ether oxygens (including phenoxy) is 3. The van der Waals surface area contributed by atoms with Crippen molar-refractivity contribution in [3.63, 3.8) is 0 Å². The Kier molecular flexibility index (Phi) is 3.61. The Labute approximate surface area is 147 Å². The molecule has 7 nitrogen and oxygen atoms in total. The number of fused-ring (bicyclic) bond motifs is 1. The van der Waals surface area contributed by atoms with Crippen LogP contribution in [-0.4, -0.2) is 33.1 Å². The number of nitrogens with zero attached hydrogens (tertiary/aromatic N) is 2. The normalized spacial score (nSPS) is 32.2. The molecule has 1 aliphatic heterocycles. The minimum absolute atomic E-state index is 0.173. The fourth-order valence-electron chi connectivity index (χ4n) is 3.98. The molecule has 1 heterocycles. The van der Waals surface area contributed by atoms with E-state index in [1.807, 2.05) is 12.1 Å². The summed E-state index contributed by atoms with van der Waals surface area (Å²) in [5.74, 6) is -1.16. The van der Waals surface area contributed by atoms with Crippen LogP contribution in [0.2, 0.25) is 0 Å². The zero-order valence-electron chi connectivity index (χ0n) is 13.4. The van der Waals surface area contributed by atoms with E-state index >= 15 is 0 Å². The van der Waals surface area contributed by atoms with Crippen LogP contribution >= 0.6 is 15.9 Å². The average molecular weight is 392 g/mol. The molecule has 2 aliphatic rings. The topological polar surface area (TPSA) is 115 Å². The number of rotatable bonds is 4. The molecule has 1 fully saturated rings. The number of halogens is 1. The van der Waals surface area contributed by atoms with E-state index in [1.165, 1.54) is 14.2 Å². The van der Waals surface area contributed by atoms with Gasteiger partial charge in [-0.1, -0.05) is 6.07 Å². The number of nitrogens with one attached hydrogen (secondary N) is 1. The molecule has 1 aromatic carbocycles. The molecular formula is C16H16BrN4O3+. The molecule has 1 aliphatic carbocycles. The van der Waals surface area contributed by atoms with Gasteiger partial charge >= 0.3 is 5.91 Å². The molecule has 0 saturated heterocycles. The lowest BCUT2D eigenvalue weighted by atomic mass is 9.93. The molecule has 0 aromatic heterocycles. The Balaban J connectivity index is 2.22. The summed E-state index contributed by atoms with van der Waals surface area (Å²) in [5, 5.41) is 19.8. The number of hydrogen-bond acceptors (Lipinski definition) is 6. The highest BCUT2D eigenvalue weighted by molar-refractivity contribution is 9.10. The Morgan fingerprint density at radius 1 is 1.21 bits per heavy atom. The number of amidine groups is 1. The van der Waals surface area contributed by atoms with Crippen LogP contribution in [0.1, 0.15) is 11.5 Å². The predicted molar refractivity (Wildman–Crippen MR) is 86.4 cm³/mol. The van der Waals surface area contributed by atoms with E-state index in [-0.39, 0.29) is 5.84 Å². The first kappa shape index (κ1) is 16.7. The molecule has 3 N–H and O–H groups in total. The Morgan fingerprint density at radius 3 is 2.33 bits per heavy atom. The van der Waals surface area contributed by atoms with Crippen LogP contribution < -0.4 is 15.5 Å². The molecular weight excluding hydrogens is 376 g/mol. The monoisotopic (exact) mass is 391 g/mol. The van der Waals surface area contributed by atoms with Gasteiger partial charge in [-0.3, -0.25) is 5.73 Å². The molecule has 0 spiro atoms. The maximum Gasteiger partial charge on any atom is 0.342 e. The molecule has 124 valence electrons. The van der Waals surface area contributed by atoms with Crippen LogP contribution in [0.25, 0.3) is 0 Å². The summed E-state index contributed by atoms with van der Waals surface area (Å²) in [7, 11) is 4.39. The summed E-state index contributed by atoms with van der Waals surface area (Å²) in [6.07, 6.45) is 0. The number of methoxy groups -OCH3 is 3. The van der Waals surface area contributed by atoms with Crippen molar-refractivity contribution in [3.8, 4) is 17.9 Å². The number of benzene rings is 1. The minimum Gasteiger partial charge on any atom is -0.496 e. The summed E-state index contributed by atoms with van der Waals surface area (Å²) < 4.78 is 16.9. The Morgan fingerprint density at radius 2 is 1.88 bits per heavy atom. The third-order valence-electron chi connectivity index (χ3n) is 5.08. The van der Waals surface area contributed by atoms with Crippen molar-refractivity contribution >= 4 is 21.8 Å². The van der Waals surface area contributed by atoms with Gasteiger partial charge in [0.1, 0.15) is 5.75 Å². The average Bonchev–Trinajstić information content (AvgIpc) is 3.17. The minimum atomic E-state index is -1.49. The van der Waals surface area contributed by atoms with Crippen LogP contribution in [0.5, 0.6) is 5.75 Å². The molecule has 0 bridgehead atoms. The van der Waals surface area contributed by atoms with Crippen LogP contribution in [0.15, 0.2) is 22.7 Å². The maximum atomic E-state index is 9.97. The second kappa shape index (κ2) is 5.18.